The highest BCUT2D eigenvalue weighted by molar-refractivity contribution is 6.03. The van der Waals surface area contributed by atoms with Crippen LogP contribution in [0.4, 0.5) is 4.39 Å². The monoisotopic (exact) mass is 356 g/mol. The summed E-state index contributed by atoms with van der Waals surface area (Å²) in [7, 11) is 0. The molecule has 6 nitrogen and oxygen atoms in total. The van der Waals surface area contributed by atoms with Crippen molar-refractivity contribution in [2.45, 2.75) is 32.4 Å². The lowest BCUT2D eigenvalue weighted by Crippen LogP contribution is -2.35. The quantitative estimate of drug-likeness (QED) is 0.756. The first-order valence-electron chi connectivity index (χ1n) is 8.37. The van der Waals surface area contributed by atoms with Crippen molar-refractivity contribution in [3.63, 3.8) is 0 Å². The summed E-state index contributed by atoms with van der Waals surface area (Å²) in [5.74, 6) is -1.21. The van der Waals surface area contributed by atoms with Gasteiger partial charge in [-0.25, -0.2) is 4.39 Å². The molecule has 2 N–H and O–H groups in total. The lowest BCUT2D eigenvalue weighted by atomic mass is 9.95. The maximum Gasteiger partial charge on any atom is 0.267 e. The number of hydrogen-bond acceptors (Lipinski definition) is 4. The van der Waals surface area contributed by atoms with Crippen molar-refractivity contribution in [2.75, 3.05) is 0 Å². The molecule has 0 radical (unpaired) electrons. The van der Waals surface area contributed by atoms with Gasteiger partial charge in [0, 0.05) is 11.4 Å². The van der Waals surface area contributed by atoms with Gasteiger partial charge >= 0.3 is 0 Å². The summed E-state index contributed by atoms with van der Waals surface area (Å²) in [6, 6.07) is 5.74. The molecule has 3 aromatic rings. The van der Waals surface area contributed by atoms with Crippen molar-refractivity contribution < 1.29 is 18.7 Å². The van der Waals surface area contributed by atoms with Crippen molar-refractivity contribution in [3.05, 3.63) is 63.6 Å². The molecule has 26 heavy (non-hydrogen) atoms. The molecule has 2 aromatic heterocycles. The fourth-order valence-corrected chi connectivity index (χ4v) is 3.56. The first-order chi connectivity index (χ1) is 12.5. The van der Waals surface area contributed by atoms with Crippen molar-refractivity contribution in [2.24, 2.45) is 0 Å². The number of furan rings is 1. The van der Waals surface area contributed by atoms with Crippen LogP contribution in [0.1, 0.15) is 41.1 Å². The number of pyridine rings is 1. The molecule has 4 rings (SSSR count). The Bertz CT molecular complexity index is 1070. The topological polar surface area (TPSA) is 84.5 Å². The summed E-state index contributed by atoms with van der Waals surface area (Å²) in [5, 5.41) is 13.3. The summed E-state index contributed by atoms with van der Waals surface area (Å²) >= 11 is 0. The molecule has 0 bridgehead atoms. The fraction of sp³-hybridized carbons (Fsp3) is 0.263. The summed E-state index contributed by atoms with van der Waals surface area (Å²) < 4.78 is 20.6. The largest absolute Gasteiger partial charge is 0.506 e. The van der Waals surface area contributed by atoms with E-state index in [1.54, 1.807) is 12.1 Å². The SMILES string of the molecule is CC1CCc2cc(F)cc3c(O)c(C(=O)NCc4ccco4)c(=O)n1c23. The van der Waals surface area contributed by atoms with Gasteiger partial charge in [-0.3, -0.25) is 9.59 Å². The third-order valence-electron chi connectivity index (χ3n) is 4.82. The number of carbonyl (C=O) groups is 1. The molecule has 0 fully saturated rings. The van der Waals surface area contributed by atoms with E-state index in [2.05, 4.69) is 5.32 Å². The van der Waals surface area contributed by atoms with Crippen LogP contribution in [-0.4, -0.2) is 15.6 Å². The van der Waals surface area contributed by atoms with Gasteiger partial charge in [-0.2, -0.15) is 0 Å². The summed E-state index contributed by atoms with van der Waals surface area (Å²) in [6.07, 6.45) is 2.74. The Balaban J connectivity index is 1.88. The number of aromatic hydroxyl groups is 1. The highest BCUT2D eigenvalue weighted by Crippen LogP contribution is 2.35. The Morgan fingerprint density at radius 1 is 1.46 bits per heavy atom. The van der Waals surface area contributed by atoms with Crippen LogP contribution in [0.15, 0.2) is 39.7 Å². The van der Waals surface area contributed by atoms with Crippen LogP contribution in [0.2, 0.25) is 0 Å². The minimum Gasteiger partial charge on any atom is -0.506 e. The van der Waals surface area contributed by atoms with Crippen LogP contribution in [-0.2, 0) is 13.0 Å². The number of hydrogen-bond donors (Lipinski definition) is 2. The fourth-order valence-electron chi connectivity index (χ4n) is 3.56. The van der Waals surface area contributed by atoms with E-state index >= 15 is 0 Å². The van der Waals surface area contributed by atoms with Crippen LogP contribution in [0.25, 0.3) is 10.9 Å². The van der Waals surface area contributed by atoms with Crippen molar-refractivity contribution in [1.29, 1.82) is 0 Å². The molecule has 1 aromatic carbocycles. The minimum atomic E-state index is -0.724. The Hall–Kier alpha value is -3.09. The Morgan fingerprint density at radius 2 is 2.27 bits per heavy atom. The number of carbonyl (C=O) groups excluding carboxylic acids is 1. The average molecular weight is 356 g/mol. The van der Waals surface area contributed by atoms with E-state index in [0.717, 1.165) is 6.07 Å². The van der Waals surface area contributed by atoms with Crippen LogP contribution in [0.5, 0.6) is 5.75 Å². The van der Waals surface area contributed by atoms with E-state index in [0.29, 0.717) is 29.7 Å². The molecular formula is C19H17FN2O4. The Morgan fingerprint density at radius 3 is 3.00 bits per heavy atom. The lowest BCUT2D eigenvalue weighted by molar-refractivity contribution is 0.0943. The number of nitrogens with zero attached hydrogens (tertiary/aromatic N) is 1. The smallest absolute Gasteiger partial charge is 0.267 e. The first kappa shape index (κ1) is 16.4. The van der Waals surface area contributed by atoms with Crippen LogP contribution >= 0.6 is 0 Å². The number of aryl methyl sites for hydroxylation is 1. The van der Waals surface area contributed by atoms with Gasteiger partial charge in [0.1, 0.15) is 22.9 Å². The van der Waals surface area contributed by atoms with E-state index in [1.165, 1.54) is 16.9 Å². The number of nitrogens with one attached hydrogen (secondary N) is 1. The van der Waals surface area contributed by atoms with Gasteiger partial charge in [-0.1, -0.05) is 0 Å². The highest BCUT2D eigenvalue weighted by atomic mass is 19.1. The second-order valence-electron chi connectivity index (χ2n) is 6.51. The van der Waals surface area contributed by atoms with Gasteiger partial charge in [0.2, 0.25) is 0 Å². The lowest BCUT2D eigenvalue weighted by Gasteiger charge is -2.26. The first-order valence-corrected chi connectivity index (χ1v) is 8.37. The van der Waals surface area contributed by atoms with E-state index < -0.39 is 23.0 Å². The number of benzene rings is 1. The number of rotatable bonds is 3. The zero-order valence-corrected chi connectivity index (χ0v) is 14.1. The minimum absolute atomic E-state index is 0.0761. The zero-order chi connectivity index (χ0) is 18.4. The average Bonchev–Trinajstić information content (AvgIpc) is 3.12. The molecule has 7 heteroatoms. The molecule has 1 aliphatic heterocycles. The van der Waals surface area contributed by atoms with Gasteiger partial charge in [0.25, 0.3) is 11.5 Å². The van der Waals surface area contributed by atoms with Crippen LogP contribution < -0.4 is 10.9 Å². The molecule has 1 aliphatic rings. The Labute approximate surface area is 147 Å². The molecular weight excluding hydrogens is 339 g/mol. The molecule has 0 saturated heterocycles. The molecule has 1 unspecified atom stereocenters. The van der Waals surface area contributed by atoms with Gasteiger partial charge < -0.3 is 19.4 Å². The maximum absolute atomic E-state index is 14.0. The predicted octanol–water partition coefficient (Wildman–Crippen LogP) is 2.88. The number of amides is 1. The van der Waals surface area contributed by atoms with Gasteiger partial charge in [0.15, 0.2) is 0 Å². The molecule has 3 heterocycles. The second kappa shape index (κ2) is 6.01. The summed E-state index contributed by atoms with van der Waals surface area (Å²) in [6.45, 7) is 1.95. The van der Waals surface area contributed by atoms with Gasteiger partial charge in [0.05, 0.1) is 18.3 Å². The van der Waals surface area contributed by atoms with E-state index in [1.807, 2.05) is 6.92 Å². The van der Waals surface area contributed by atoms with E-state index in [9.17, 15) is 19.1 Å². The number of halogens is 1. The van der Waals surface area contributed by atoms with Crippen molar-refractivity contribution in [1.82, 2.24) is 9.88 Å². The molecule has 134 valence electrons. The zero-order valence-electron chi connectivity index (χ0n) is 14.1. The second-order valence-corrected chi connectivity index (χ2v) is 6.51. The van der Waals surface area contributed by atoms with Gasteiger partial charge in [-0.15, -0.1) is 0 Å². The molecule has 1 atom stereocenters. The van der Waals surface area contributed by atoms with Crippen molar-refractivity contribution in [3.8, 4) is 5.75 Å². The van der Waals surface area contributed by atoms with Crippen molar-refractivity contribution >= 4 is 16.8 Å². The summed E-state index contributed by atoms with van der Waals surface area (Å²) in [5.41, 5.74) is 0.199. The third kappa shape index (κ3) is 2.47. The van der Waals surface area contributed by atoms with Gasteiger partial charge in [-0.05, 0) is 49.6 Å². The van der Waals surface area contributed by atoms with Crippen LogP contribution in [0.3, 0.4) is 0 Å². The van der Waals surface area contributed by atoms with E-state index in [-0.39, 0.29) is 23.5 Å². The molecule has 0 aliphatic carbocycles. The number of aromatic nitrogens is 1. The van der Waals surface area contributed by atoms with Crippen LogP contribution in [0, 0.1) is 5.82 Å². The normalized spacial score (nSPS) is 16.0. The molecule has 0 saturated carbocycles. The predicted molar refractivity (Wildman–Crippen MR) is 92.7 cm³/mol. The maximum atomic E-state index is 14.0. The Kier molecular flexibility index (Phi) is 3.79. The summed E-state index contributed by atoms with van der Waals surface area (Å²) in [4.78, 5) is 25.5. The molecule has 0 spiro atoms. The third-order valence-corrected chi connectivity index (χ3v) is 4.82. The highest BCUT2D eigenvalue weighted by Gasteiger charge is 2.28. The molecule has 1 amide bonds. The standard InChI is InChI=1S/C19H17FN2O4/c1-10-4-5-11-7-12(20)8-14-16(11)22(10)19(25)15(17(14)23)18(24)21-9-13-3-2-6-26-13/h2-3,6-8,10,23H,4-5,9H2,1H3,(H,21,24). The van der Waals surface area contributed by atoms with E-state index in [4.69, 9.17) is 4.42 Å².